The maximum atomic E-state index is 13.0. The van der Waals surface area contributed by atoms with Crippen molar-refractivity contribution in [2.75, 3.05) is 27.2 Å². The summed E-state index contributed by atoms with van der Waals surface area (Å²) in [6.45, 7) is 1.10. The van der Waals surface area contributed by atoms with Crippen molar-refractivity contribution in [3.05, 3.63) is 64.8 Å². The zero-order valence-electron chi connectivity index (χ0n) is 17.4. The van der Waals surface area contributed by atoms with E-state index in [9.17, 15) is 9.59 Å². The summed E-state index contributed by atoms with van der Waals surface area (Å²) in [7, 11) is 5.73. The van der Waals surface area contributed by atoms with Crippen LogP contribution < -0.4 is 4.74 Å². The molecular weight excluding hydrogens is 404 g/mol. The van der Waals surface area contributed by atoms with Crippen molar-refractivity contribution in [3.63, 3.8) is 0 Å². The number of nitrogens with zero attached hydrogens (tertiary/aromatic N) is 2. The Morgan fingerprint density at radius 2 is 1.77 bits per heavy atom. The molecule has 6 nitrogen and oxygen atoms in total. The van der Waals surface area contributed by atoms with E-state index in [1.807, 2.05) is 54.9 Å². The van der Waals surface area contributed by atoms with E-state index in [2.05, 4.69) is 0 Å². The largest absolute Gasteiger partial charge is 0.487 e. The lowest BCUT2D eigenvalue weighted by molar-refractivity contribution is -0.138. The smallest absolute Gasteiger partial charge is 0.379 e. The van der Waals surface area contributed by atoms with E-state index in [1.54, 1.807) is 24.3 Å². The van der Waals surface area contributed by atoms with Crippen LogP contribution in [0.2, 0.25) is 5.02 Å². The van der Waals surface area contributed by atoms with Gasteiger partial charge >= 0.3 is 5.97 Å². The number of ether oxygens (including phenoxy) is 2. The number of para-hydroxylation sites is 1. The number of benzene rings is 2. The molecule has 0 atom stereocenters. The Kier molecular flexibility index (Phi) is 7.13. The van der Waals surface area contributed by atoms with Crippen LogP contribution in [-0.2, 0) is 23.2 Å². The Morgan fingerprint density at radius 1 is 1.07 bits per heavy atom. The summed E-state index contributed by atoms with van der Waals surface area (Å²) in [5, 5.41) is 1.31. The Bertz CT molecular complexity index is 1040. The molecule has 0 saturated carbocycles. The molecule has 0 amide bonds. The number of Topliss-reactive ketones (excluding diaryl/α,β-unsaturated/α-hetero) is 1. The molecule has 2 aromatic carbocycles. The number of esters is 1. The molecule has 0 unspecified atom stereocenters. The van der Waals surface area contributed by atoms with Crippen molar-refractivity contribution < 1.29 is 19.1 Å². The highest BCUT2D eigenvalue weighted by atomic mass is 35.5. The van der Waals surface area contributed by atoms with E-state index >= 15 is 0 Å². The summed E-state index contributed by atoms with van der Waals surface area (Å²) in [5.41, 5.74) is 1.78. The van der Waals surface area contributed by atoms with Gasteiger partial charge in [-0.15, -0.1) is 0 Å². The van der Waals surface area contributed by atoms with Crippen LogP contribution in [0.15, 0.2) is 48.5 Å². The molecule has 1 aromatic heterocycles. The van der Waals surface area contributed by atoms with Gasteiger partial charge in [0.1, 0.15) is 12.4 Å². The molecule has 0 aliphatic rings. The van der Waals surface area contributed by atoms with Gasteiger partial charge < -0.3 is 18.9 Å². The number of ketones is 1. The van der Waals surface area contributed by atoms with Crippen LogP contribution in [0, 0.1) is 0 Å². The topological polar surface area (TPSA) is 60.8 Å². The highest BCUT2D eigenvalue weighted by Gasteiger charge is 2.27. The molecule has 7 heteroatoms. The summed E-state index contributed by atoms with van der Waals surface area (Å²) in [6, 6.07) is 14.4. The van der Waals surface area contributed by atoms with E-state index in [0.717, 1.165) is 12.1 Å². The molecule has 0 bridgehead atoms. The Labute approximate surface area is 180 Å². The monoisotopic (exact) mass is 428 g/mol. The van der Waals surface area contributed by atoms with Crippen molar-refractivity contribution >= 4 is 34.3 Å². The summed E-state index contributed by atoms with van der Waals surface area (Å²) in [5.74, 6) is -0.890. The summed E-state index contributed by atoms with van der Waals surface area (Å²) >= 11 is 5.92. The fourth-order valence-corrected chi connectivity index (χ4v) is 3.39. The average molecular weight is 429 g/mol. The first-order valence-corrected chi connectivity index (χ1v) is 10.1. The van der Waals surface area contributed by atoms with Gasteiger partial charge in [0, 0.05) is 29.5 Å². The number of fused-ring (bicyclic) bond motifs is 1. The summed E-state index contributed by atoms with van der Waals surface area (Å²) in [6.07, 6.45) is 0.661. The lowest BCUT2D eigenvalue weighted by Crippen LogP contribution is -2.22. The van der Waals surface area contributed by atoms with Crippen molar-refractivity contribution in [1.29, 1.82) is 0 Å². The zero-order chi connectivity index (χ0) is 21.7. The maximum Gasteiger partial charge on any atom is 0.379 e. The number of halogens is 1. The molecule has 3 aromatic rings. The summed E-state index contributed by atoms with van der Waals surface area (Å²) in [4.78, 5) is 27.5. The Balaban J connectivity index is 1.84. The van der Waals surface area contributed by atoms with E-state index in [0.29, 0.717) is 33.8 Å². The van der Waals surface area contributed by atoms with Gasteiger partial charge in [0.05, 0.1) is 17.9 Å². The normalized spacial score (nSPS) is 11.1. The van der Waals surface area contributed by atoms with Gasteiger partial charge in [0.25, 0.3) is 5.78 Å². The summed E-state index contributed by atoms with van der Waals surface area (Å²) < 4.78 is 13.0. The van der Waals surface area contributed by atoms with E-state index in [1.165, 1.54) is 0 Å². The minimum Gasteiger partial charge on any atom is -0.487 e. The van der Waals surface area contributed by atoms with Crippen LogP contribution in [0.25, 0.3) is 10.9 Å². The second-order valence-electron chi connectivity index (χ2n) is 7.26. The minimum atomic E-state index is -0.849. The predicted octanol–water partition coefficient (Wildman–Crippen LogP) is 4.09. The fourth-order valence-electron chi connectivity index (χ4n) is 3.26. The Morgan fingerprint density at radius 3 is 2.47 bits per heavy atom. The number of aryl methyl sites for hydroxylation is 1. The number of aromatic nitrogens is 1. The first-order chi connectivity index (χ1) is 14.4. The average Bonchev–Trinajstić information content (AvgIpc) is 3.02. The predicted molar refractivity (Wildman–Crippen MR) is 117 cm³/mol. The number of carbonyl (C=O) groups is 2. The minimum absolute atomic E-state index is 0.127. The third kappa shape index (κ3) is 5.01. The highest BCUT2D eigenvalue weighted by Crippen LogP contribution is 2.27. The lowest BCUT2D eigenvalue weighted by atomic mass is 10.1. The molecule has 0 aliphatic carbocycles. The second-order valence-corrected chi connectivity index (χ2v) is 7.70. The molecule has 0 fully saturated rings. The molecule has 0 saturated heterocycles. The molecule has 0 spiro atoms. The van der Waals surface area contributed by atoms with Crippen molar-refractivity contribution in [3.8, 4) is 5.75 Å². The second kappa shape index (κ2) is 9.78. The van der Waals surface area contributed by atoms with Gasteiger partial charge in [0.15, 0.2) is 0 Å². The third-order valence-electron chi connectivity index (χ3n) is 4.81. The first-order valence-electron chi connectivity index (χ1n) is 9.69. The van der Waals surface area contributed by atoms with Gasteiger partial charge in [-0.3, -0.25) is 4.79 Å². The molecule has 0 N–H and O–H groups in total. The highest BCUT2D eigenvalue weighted by molar-refractivity contribution is 6.43. The zero-order valence-corrected chi connectivity index (χ0v) is 18.1. The number of hydrogen-bond donors (Lipinski definition) is 0. The van der Waals surface area contributed by atoms with Crippen LogP contribution >= 0.6 is 11.6 Å². The van der Waals surface area contributed by atoms with Gasteiger partial charge in [-0.1, -0.05) is 29.8 Å². The molecule has 30 heavy (non-hydrogen) atoms. The SMILES string of the molecule is CN(C)CCCOC(=O)C(=O)c1c(COc2ccc(Cl)cc2)n(C)c2ccccc12. The molecule has 158 valence electrons. The number of carbonyl (C=O) groups excluding carboxylic acids is 2. The fraction of sp³-hybridized carbons (Fsp3) is 0.304. The van der Waals surface area contributed by atoms with Gasteiger partial charge in [0.2, 0.25) is 0 Å². The van der Waals surface area contributed by atoms with Crippen LogP contribution in [-0.4, -0.2) is 48.5 Å². The number of hydrogen-bond acceptors (Lipinski definition) is 5. The molecular formula is C23H25ClN2O4. The van der Waals surface area contributed by atoms with Crippen LogP contribution in [0.3, 0.4) is 0 Å². The third-order valence-corrected chi connectivity index (χ3v) is 5.06. The maximum absolute atomic E-state index is 13.0. The molecule has 0 radical (unpaired) electrons. The van der Waals surface area contributed by atoms with Crippen molar-refractivity contribution in [2.45, 2.75) is 13.0 Å². The van der Waals surface area contributed by atoms with E-state index < -0.39 is 11.8 Å². The van der Waals surface area contributed by atoms with Crippen LogP contribution in [0.5, 0.6) is 5.75 Å². The lowest BCUT2D eigenvalue weighted by Gasteiger charge is -2.11. The van der Waals surface area contributed by atoms with Gasteiger partial charge in [-0.05, 0) is 50.8 Å². The van der Waals surface area contributed by atoms with Gasteiger partial charge in [-0.25, -0.2) is 4.79 Å². The Hall–Kier alpha value is -2.83. The van der Waals surface area contributed by atoms with E-state index in [4.69, 9.17) is 21.1 Å². The quantitative estimate of drug-likeness (QED) is 0.222. The van der Waals surface area contributed by atoms with Crippen molar-refractivity contribution in [2.24, 2.45) is 7.05 Å². The standard InChI is InChI=1S/C23H25ClN2O4/c1-25(2)13-6-14-29-23(28)22(27)21-18-7-4-5-8-19(18)26(3)20(21)15-30-17-11-9-16(24)10-12-17/h4-5,7-12H,6,13-15H2,1-3H3. The molecule has 3 rings (SSSR count). The van der Waals surface area contributed by atoms with Crippen LogP contribution in [0.1, 0.15) is 22.5 Å². The van der Waals surface area contributed by atoms with Crippen LogP contribution in [0.4, 0.5) is 0 Å². The number of rotatable bonds is 9. The molecule has 1 heterocycles. The first kappa shape index (κ1) is 21.9. The van der Waals surface area contributed by atoms with Gasteiger partial charge in [-0.2, -0.15) is 0 Å². The van der Waals surface area contributed by atoms with Crippen molar-refractivity contribution in [1.82, 2.24) is 9.47 Å². The molecule has 0 aliphatic heterocycles. The van der Waals surface area contributed by atoms with E-state index in [-0.39, 0.29) is 13.2 Å².